The third-order valence-electron chi connectivity index (χ3n) is 8.67. The van der Waals surface area contributed by atoms with Crippen LogP contribution in [0.4, 0.5) is 0 Å². The van der Waals surface area contributed by atoms with Crippen molar-refractivity contribution < 1.29 is 33.2 Å². The number of rotatable bonds is 18. The van der Waals surface area contributed by atoms with Gasteiger partial charge in [0.15, 0.2) is 0 Å². The van der Waals surface area contributed by atoms with E-state index >= 15 is 0 Å². The molecule has 7 nitrogen and oxygen atoms in total. The number of ether oxygens (including phenoxy) is 7. The van der Waals surface area contributed by atoms with E-state index in [1.165, 1.54) is 0 Å². The summed E-state index contributed by atoms with van der Waals surface area (Å²) in [5, 5.41) is 0. The van der Waals surface area contributed by atoms with Crippen molar-refractivity contribution in [2.24, 2.45) is 0 Å². The molecule has 6 rings (SSSR count). The maximum atomic E-state index is 6.99. The molecule has 0 spiro atoms. The molecule has 266 valence electrons. The summed E-state index contributed by atoms with van der Waals surface area (Å²) in [4.78, 5) is 0. The minimum absolute atomic E-state index is 0.314. The first-order valence-corrected chi connectivity index (χ1v) is 18.3. The van der Waals surface area contributed by atoms with Gasteiger partial charge in [0.05, 0.1) is 47.3 Å². The topological polar surface area (TPSA) is 64.6 Å². The van der Waals surface area contributed by atoms with Crippen LogP contribution in [0.1, 0.15) is 27.8 Å². The second-order valence-electron chi connectivity index (χ2n) is 12.4. The molecule has 0 aromatic heterocycles. The first-order chi connectivity index (χ1) is 25.2. The van der Waals surface area contributed by atoms with Crippen molar-refractivity contribution in [2.75, 3.05) is 20.8 Å². The Kier molecular flexibility index (Phi) is 14.0. The predicted molar refractivity (Wildman–Crippen MR) is 201 cm³/mol. The lowest BCUT2D eigenvalue weighted by Crippen LogP contribution is -2.60. The van der Waals surface area contributed by atoms with Crippen molar-refractivity contribution in [3.05, 3.63) is 167 Å². The zero-order valence-corrected chi connectivity index (χ0v) is 30.0. The summed E-state index contributed by atoms with van der Waals surface area (Å²) in [6.45, 7) is 1.95. The van der Waals surface area contributed by atoms with E-state index in [1.807, 2.05) is 91.0 Å². The highest BCUT2D eigenvalue weighted by molar-refractivity contribution is 7.99. The van der Waals surface area contributed by atoms with Crippen LogP contribution >= 0.6 is 11.8 Å². The Morgan fingerprint density at radius 1 is 0.490 bits per heavy atom. The molecule has 1 aliphatic heterocycles. The summed E-state index contributed by atoms with van der Waals surface area (Å²) in [5.74, 6) is 2.09. The summed E-state index contributed by atoms with van der Waals surface area (Å²) < 4.78 is 45.0. The number of hydrogen-bond acceptors (Lipinski definition) is 8. The zero-order valence-electron chi connectivity index (χ0n) is 29.2. The van der Waals surface area contributed by atoms with Gasteiger partial charge in [0.1, 0.15) is 41.4 Å². The molecule has 1 aliphatic rings. The van der Waals surface area contributed by atoms with Crippen LogP contribution in [0.2, 0.25) is 0 Å². The van der Waals surface area contributed by atoms with E-state index in [0.29, 0.717) is 38.8 Å². The minimum atomic E-state index is -0.487. The molecular formula is C43H46O7S. The molecule has 51 heavy (non-hydrogen) atoms. The Labute approximate surface area is 305 Å². The van der Waals surface area contributed by atoms with Crippen molar-refractivity contribution in [2.45, 2.75) is 62.0 Å². The van der Waals surface area contributed by atoms with E-state index in [4.69, 9.17) is 33.2 Å². The van der Waals surface area contributed by atoms with Gasteiger partial charge in [-0.05, 0) is 39.9 Å². The van der Waals surface area contributed by atoms with Crippen LogP contribution in [0.15, 0.2) is 140 Å². The van der Waals surface area contributed by atoms with Crippen LogP contribution in [-0.2, 0) is 55.9 Å². The smallest absolute Gasteiger partial charge is 0.133 e. The van der Waals surface area contributed by atoms with Crippen LogP contribution in [0, 0.1) is 0 Å². The molecule has 0 unspecified atom stereocenters. The molecule has 0 aliphatic carbocycles. The molecule has 0 radical (unpaired) electrons. The quantitative estimate of drug-likeness (QED) is 0.0898. The van der Waals surface area contributed by atoms with Crippen molar-refractivity contribution in [1.29, 1.82) is 0 Å². The van der Waals surface area contributed by atoms with Gasteiger partial charge >= 0.3 is 0 Å². The number of benzene rings is 5. The summed E-state index contributed by atoms with van der Waals surface area (Å²) in [6, 6.07) is 46.6. The molecule has 0 amide bonds. The number of hydrogen-bond donors (Lipinski definition) is 0. The highest BCUT2D eigenvalue weighted by Gasteiger charge is 2.48. The molecule has 0 N–H and O–H groups in total. The fourth-order valence-electron chi connectivity index (χ4n) is 6.01. The van der Waals surface area contributed by atoms with Gasteiger partial charge in [-0.2, -0.15) is 0 Å². The van der Waals surface area contributed by atoms with Gasteiger partial charge in [-0.15, -0.1) is 11.8 Å². The van der Waals surface area contributed by atoms with Crippen molar-refractivity contribution in [1.82, 2.24) is 0 Å². The van der Waals surface area contributed by atoms with Crippen LogP contribution in [0.3, 0.4) is 0 Å². The molecule has 5 aromatic rings. The summed E-state index contributed by atoms with van der Waals surface area (Å²) in [7, 11) is 3.32. The van der Waals surface area contributed by atoms with Crippen LogP contribution in [0.25, 0.3) is 0 Å². The zero-order chi connectivity index (χ0) is 35.1. The van der Waals surface area contributed by atoms with Crippen molar-refractivity contribution in [3.63, 3.8) is 0 Å². The van der Waals surface area contributed by atoms with Crippen LogP contribution < -0.4 is 9.47 Å². The third kappa shape index (κ3) is 10.9. The Hall–Kier alpha value is -4.15. The summed E-state index contributed by atoms with van der Waals surface area (Å²) >= 11 is 1.66. The van der Waals surface area contributed by atoms with E-state index in [0.717, 1.165) is 39.3 Å². The Morgan fingerprint density at radius 2 is 0.922 bits per heavy atom. The highest BCUT2D eigenvalue weighted by atomic mass is 32.2. The summed E-state index contributed by atoms with van der Waals surface area (Å²) in [5.41, 5.74) is 4.92. The second kappa shape index (κ2) is 19.5. The van der Waals surface area contributed by atoms with E-state index < -0.39 is 29.9 Å². The van der Waals surface area contributed by atoms with E-state index in [1.54, 1.807) is 26.0 Å². The van der Waals surface area contributed by atoms with Gasteiger partial charge in [-0.25, -0.2) is 0 Å². The fraction of sp³-hybridized carbons (Fsp3) is 0.302. The molecule has 0 saturated carbocycles. The monoisotopic (exact) mass is 706 g/mol. The molecular weight excluding hydrogens is 661 g/mol. The van der Waals surface area contributed by atoms with Crippen molar-refractivity contribution >= 4 is 11.8 Å². The maximum absolute atomic E-state index is 6.99. The molecule has 1 fully saturated rings. The van der Waals surface area contributed by atoms with Gasteiger partial charge < -0.3 is 33.2 Å². The first-order valence-electron chi connectivity index (χ1n) is 17.3. The standard InChI is InChI=1S/C43H46O7S/c1-44-37-23-36(24-38(25-37)45-2)31-51-43-42(49-29-35-21-13-6-14-22-35)41(48-28-34-19-11-5-12-20-34)40(47-27-33-17-9-4-10-18-33)39(50-43)30-46-26-32-15-7-3-8-16-32/h3-25,39-43H,26-31H2,1-2H3/t39-,40-,41+,42-,43+/m1/s1. The second-order valence-corrected chi connectivity index (χ2v) is 13.4. The lowest BCUT2D eigenvalue weighted by atomic mass is 9.98. The lowest BCUT2D eigenvalue weighted by Gasteiger charge is -2.46. The molecule has 0 bridgehead atoms. The predicted octanol–water partition coefficient (Wildman–Crippen LogP) is 8.63. The maximum Gasteiger partial charge on any atom is 0.133 e. The molecule has 5 atom stereocenters. The fourth-order valence-corrected chi connectivity index (χ4v) is 7.18. The number of methoxy groups -OCH3 is 2. The SMILES string of the molecule is COc1cc(CS[C@@H]2O[C@H](COCc3ccccc3)[C@@H](OCc3ccccc3)[C@H](OCc3ccccc3)[C@H]2OCc2ccccc2)cc(OC)c1. The van der Waals surface area contributed by atoms with Gasteiger partial charge in [-0.3, -0.25) is 0 Å². The molecule has 5 aromatic carbocycles. The number of thioether (sulfide) groups is 1. The van der Waals surface area contributed by atoms with E-state index in [9.17, 15) is 0 Å². The van der Waals surface area contributed by atoms with Gasteiger partial charge in [0.2, 0.25) is 0 Å². The average molecular weight is 707 g/mol. The van der Waals surface area contributed by atoms with Gasteiger partial charge in [0.25, 0.3) is 0 Å². The highest BCUT2D eigenvalue weighted by Crippen LogP contribution is 2.37. The molecule has 1 saturated heterocycles. The van der Waals surface area contributed by atoms with E-state index in [-0.39, 0.29) is 0 Å². The minimum Gasteiger partial charge on any atom is -0.497 e. The van der Waals surface area contributed by atoms with Gasteiger partial charge in [-0.1, -0.05) is 121 Å². The van der Waals surface area contributed by atoms with E-state index in [2.05, 4.69) is 48.5 Å². The van der Waals surface area contributed by atoms with Crippen molar-refractivity contribution in [3.8, 4) is 11.5 Å². The molecule has 8 heteroatoms. The summed E-state index contributed by atoms with van der Waals surface area (Å²) in [6.07, 6.45) is -1.88. The normalized spacial score (nSPS) is 20.2. The van der Waals surface area contributed by atoms with Crippen LogP contribution in [0.5, 0.6) is 11.5 Å². The largest absolute Gasteiger partial charge is 0.497 e. The molecule has 1 heterocycles. The third-order valence-corrected chi connectivity index (χ3v) is 9.87. The first kappa shape index (κ1) is 36.6. The Balaban J connectivity index is 1.31. The Bertz CT molecular complexity index is 1690. The van der Waals surface area contributed by atoms with Crippen LogP contribution in [-0.4, -0.2) is 50.7 Å². The average Bonchev–Trinajstić information content (AvgIpc) is 3.19. The Morgan fingerprint density at radius 3 is 1.39 bits per heavy atom. The lowest BCUT2D eigenvalue weighted by molar-refractivity contribution is -0.254. The van der Waals surface area contributed by atoms with Gasteiger partial charge in [0, 0.05) is 11.8 Å².